The summed E-state index contributed by atoms with van der Waals surface area (Å²) in [5.74, 6) is -0.128. The highest BCUT2D eigenvalue weighted by molar-refractivity contribution is 5.96. The Bertz CT molecular complexity index is 742. The van der Waals surface area contributed by atoms with E-state index in [0.29, 0.717) is 18.7 Å². The molecule has 6 nitrogen and oxygen atoms in total. The van der Waals surface area contributed by atoms with E-state index in [1.807, 2.05) is 36.7 Å². The molecule has 1 fully saturated rings. The van der Waals surface area contributed by atoms with E-state index in [-0.39, 0.29) is 17.7 Å². The number of hydrogen-bond donors (Lipinski definition) is 1. The van der Waals surface area contributed by atoms with Crippen molar-refractivity contribution in [2.75, 3.05) is 20.1 Å². The fourth-order valence-electron chi connectivity index (χ4n) is 2.83. The van der Waals surface area contributed by atoms with Crippen LogP contribution in [0.15, 0.2) is 30.3 Å². The van der Waals surface area contributed by atoms with Crippen LogP contribution in [0.4, 0.5) is 0 Å². The lowest BCUT2D eigenvalue weighted by Crippen LogP contribution is -2.55. The highest BCUT2D eigenvalue weighted by Crippen LogP contribution is 2.20. The van der Waals surface area contributed by atoms with Crippen molar-refractivity contribution >= 4 is 11.8 Å². The van der Waals surface area contributed by atoms with E-state index in [9.17, 15) is 9.59 Å². The summed E-state index contributed by atoms with van der Waals surface area (Å²) in [4.78, 5) is 25.5. The number of rotatable bonds is 3. The monoisotopic (exact) mass is 312 g/mol. The lowest BCUT2D eigenvalue weighted by molar-refractivity contribution is -0.128. The van der Waals surface area contributed by atoms with Crippen LogP contribution in [0.5, 0.6) is 0 Å². The van der Waals surface area contributed by atoms with Crippen LogP contribution < -0.4 is 5.32 Å². The highest BCUT2D eigenvalue weighted by atomic mass is 16.2. The molecule has 2 aromatic rings. The van der Waals surface area contributed by atoms with Gasteiger partial charge in [0.1, 0.15) is 0 Å². The van der Waals surface area contributed by atoms with Gasteiger partial charge in [-0.25, -0.2) is 4.68 Å². The number of carbonyl (C=O) groups is 2. The van der Waals surface area contributed by atoms with Gasteiger partial charge in [-0.15, -0.1) is 0 Å². The maximum Gasteiger partial charge on any atom is 0.253 e. The summed E-state index contributed by atoms with van der Waals surface area (Å²) in [5.41, 5.74) is 3.57. The average molecular weight is 312 g/mol. The third-order valence-corrected chi connectivity index (χ3v) is 4.15. The number of aryl methyl sites for hydroxylation is 2. The number of carbonyl (C=O) groups excluding carboxylic acids is 2. The molecule has 0 aliphatic carbocycles. The molecule has 1 aromatic heterocycles. The van der Waals surface area contributed by atoms with E-state index >= 15 is 0 Å². The summed E-state index contributed by atoms with van der Waals surface area (Å²) in [6.07, 6.45) is 0. The van der Waals surface area contributed by atoms with Gasteiger partial charge < -0.3 is 10.2 Å². The average Bonchev–Trinajstić information content (AvgIpc) is 2.84. The molecule has 1 aliphatic rings. The largest absolute Gasteiger partial charge is 0.359 e. The van der Waals surface area contributed by atoms with Gasteiger partial charge in [-0.1, -0.05) is 0 Å². The second-order valence-electron chi connectivity index (χ2n) is 5.91. The minimum absolute atomic E-state index is 0.00562. The van der Waals surface area contributed by atoms with E-state index in [2.05, 4.69) is 10.4 Å². The van der Waals surface area contributed by atoms with Crippen molar-refractivity contribution in [2.45, 2.75) is 13.8 Å². The predicted octanol–water partition coefficient (Wildman–Crippen LogP) is 1.31. The van der Waals surface area contributed by atoms with Crippen molar-refractivity contribution in [3.8, 4) is 5.69 Å². The number of aromatic nitrogens is 2. The second kappa shape index (κ2) is 5.87. The lowest BCUT2D eigenvalue weighted by atomic mass is 9.98. The molecule has 1 N–H and O–H groups in total. The van der Waals surface area contributed by atoms with Crippen LogP contribution in [0.2, 0.25) is 0 Å². The molecule has 3 rings (SSSR count). The normalized spacial score (nSPS) is 14.5. The van der Waals surface area contributed by atoms with Gasteiger partial charge in [0.2, 0.25) is 5.91 Å². The van der Waals surface area contributed by atoms with Crippen molar-refractivity contribution in [1.29, 1.82) is 0 Å². The van der Waals surface area contributed by atoms with Crippen LogP contribution in [0.25, 0.3) is 5.69 Å². The van der Waals surface area contributed by atoms with Crippen molar-refractivity contribution in [1.82, 2.24) is 20.0 Å². The van der Waals surface area contributed by atoms with E-state index < -0.39 is 0 Å². The van der Waals surface area contributed by atoms with Gasteiger partial charge in [-0.2, -0.15) is 5.10 Å². The minimum Gasteiger partial charge on any atom is -0.359 e. The molecule has 0 spiro atoms. The van der Waals surface area contributed by atoms with Crippen molar-refractivity contribution < 1.29 is 9.59 Å². The Morgan fingerprint density at radius 3 is 2.35 bits per heavy atom. The Morgan fingerprint density at radius 1 is 1.17 bits per heavy atom. The third-order valence-electron chi connectivity index (χ3n) is 4.15. The van der Waals surface area contributed by atoms with E-state index in [0.717, 1.165) is 17.1 Å². The van der Waals surface area contributed by atoms with Crippen LogP contribution in [-0.4, -0.2) is 46.6 Å². The maximum absolute atomic E-state index is 12.4. The number of nitrogens with zero attached hydrogens (tertiary/aromatic N) is 3. The molecule has 23 heavy (non-hydrogen) atoms. The van der Waals surface area contributed by atoms with Crippen molar-refractivity contribution in [3.05, 3.63) is 47.3 Å². The summed E-state index contributed by atoms with van der Waals surface area (Å²) in [7, 11) is 1.62. The zero-order valence-electron chi connectivity index (χ0n) is 13.5. The molecular weight excluding hydrogens is 292 g/mol. The fourth-order valence-corrected chi connectivity index (χ4v) is 2.83. The first-order valence-electron chi connectivity index (χ1n) is 7.64. The first-order valence-corrected chi connectivity index (χ1v) is 7.64. The first kappa shape index (κ1) is 15.3. The summed E-state index contributed by atoms with van der Waals surface area (Å²) in [5, 5.41) is 7.05. The molecule has 6 heteroatoms. The topological polar surface area (TPSA) is 67.2 Å². The van der Waals surface area contributed by atoms with Crippen LogP contribution >= 0.6 is 0 Å². The number of nitrogens with one attached hydrogen (secondary N) is 1. The molecule has 0 radical (unpaired) electrons. The van der Waals surface area contributed by atoms with E-state index in [1.165, 1.54) is 0 Å². The van der Waals surface area contributed by atoms with Gasteiger partial charge in [0.05, 0.1) is 17.3 Å². The van der Waals surface area contributed by atoms with Crippen LogP contribution in [-0.2, 0) is 4.79 Å². The number of hydrogen-bond acceptors (Lipinski definition) is 3. The molecule has 120 valence electrons. The van der Waals surface area contributed by atoms with Crippen LogP contribution in [0.3, 0.4) is 0 Å². The zero-order valence-corrected chi connectivity index (χ0v) is 13.5. The third kappa shape index (κ3) is 2.84. The van der Waals surface area contributed by atoms with Gasteiger partial charge >= 0.3 is 0 Å². The second-order valence-corrected chi connectivity index (χ2v) is 5.91. The molecule has 0 atom stereocenters. The Balaban J connectivity index is 1.69. The molecule has 1 saturated heterocycles. The molecular formula is C17H20N4O2. The highest BCUT2D eigenvalue weighted by Gasteiger charge is 2.35. The lowest BCUT2D eigenvalue weighted by Gasteiger charge is -2.38. The Morgan fingerprint density at radius 2 is 1.83 bits per heavy atom. The molecule has 2 heterocycles. The van der Waals surface area contributed by atoms with Crippen molar-refractivity contribution in [3.63, 3.8) is 0 Å². The Kier molecular flexibility index (Phi) is 3.90. The smallest absolute Gasteiger partial charge is 0.253 e. The molecule has 0 bridgehead atoms. The molecule has 0 unspecified atom stereocenters. The molecule has 0 saturated carbocycles. The minimum atomic E-state index is -0.0853. The van der Waals surface area contributed by atoms with Gasteiger partial charge in [0.15, 0.2) is 0 Å². The fraction of sp³-hybridized carbons (Fsp3) is 0.353. The standard InChI is InChI=1S/C17H20N4O2/c1-11-8-12(2)21(19-11)15-6-4-13(5-7-15)17(23)20-9-14(10-20)16(22)18-3/h4-8,14H,9-10H2,1-3H3,(H,18,22). The summed E-state index contributed by atoms with van der Waals surface area (Å²) >= 11 is 0. The maximum atomic E-state index is 12.4. The number of benzene rings is 1. The zero-order chi connectivity index (χ0) is 16.6. The Hall–Kier alpha value is -2.63. The summed E-state index contributed by atoms with van der Waals surface area (Å²) < 4.78 is 1.86. The molecule has 1 aliphatic heterocycles. The molecule has 1 aromatic carbocycles. The quantitative estimate of drug-likeness (QED) is 0.929. The molecule has 2 amide bonds. The first-order chi connectivity index (χ1) is 11.0. The summed E-state index contributed by atoms with van der Waals surface area (Å²) in [6, 6.07) is 9.41. The number of amides is 2. The number of likely N-dealkylation sites (tertiary alicyclic amines) is 1. The van der Waals surface area contributed by atoms with Gasteiger partial charge in [-0.3, -0.25) is 9.59 Å². The predicted molar refractivity (Wildman–Crippen MR) is 86.5 cm³/mol. The Labute approximate surface area is 135 Å². The van der Waals surface area contributed by atoms with Gasteiger partial charge in [0.25, 0.3) is 5.91 Å². The van der Waals surface area contributed by atoms with Crippen molar-refractivity contribution in [2.24, 2.45) is 5.92 Å². The SMILES string of the molecule is CNC(=O)C1CN(C(=O)c2ccc(-n3nc(C)cc3C)cc2)C1. The summed E-state index contributed by atoms with van der Waals surface area (Å²) in [6.45, 7) is 4.92. The van der Waals surface area contributed by atoms with E-state index in [1.54, 1.807) is 24.1 Å². The van der Waals surface area contributed by atoms with Crippen LogP contribution in [0, 0.1) is 19.8 Å². The van der Waals surface area contributed by atoms with Gasteiger partial charge in [0, 0.05) is 31.4 Å². The van der Waals surface area contributed by atoms with Crippen LogP contribution in [0.1, 0.15) is 21.7 Å². The van der Waals surface area contributed by atoms with Gasteiger partial charge in [-0.05, 0) is 44.2 Å². The van der Waals surface area contributed by atoms with E-state index in [4.69, 9.17) is 0 Å².